The highest BCUT2D eigenvalue weighted by Crippen LogP contribution is 2.68. The summed E-state index contributed by atoms with van der Waals surface area (Å²) in [5.41, 5.74) is 5.49. The predicted molar refractivity (Wildman–Crippen MR) is 182 cm³/mol. The van der Waals surface area contributed by atoms with Gasteiger partial charge in [-0.15, -0.1) is 0 Å². The van der Waals surface area contributed by atoms with E-state index in [-0.39, 0.29) is 18.2 Å². The molecular weight excluding hydrogens is 558 g/mol. The van der Waals surface area contributed by atoms with Gasteiger partial charge in [0, 0.05) is 26.2 Å². The summed E-state index contributed by atoms with van der Waals surface area (Å²) in [6.07, 6.45) is 10.7. The van der Waals surface area contributed by atoms with Crippen LogP contribution in [-0.4, -0.2) is 44.5 Å². The van der Waals surface area contributed by atoms with Crippen LogP contribution >= 0.6 is 0 Å². The van der Waals surface area contributed by atoms with E-state index in [0.29, 0.717) is 59.4 Å². The minimum atomic E-state index is -0.167. The molecule has 0 amide bonds. The van der Waals surface area contributed by atoms with Crippen molar-refractivity contribution in [2.24, 2.45) is 46.3 Å². The highest BCUT2D eigenvalue weighted by Gasteiger charge is 2.63. The number of hydrogen-bond donors (Lipinski definition) is 1. The molecule has 2 aromatic rings. The Morgan fingerprint density at radius 1 is 0.911 bits per heavy atom. The van der Waals surface area contributed by atoms with Gasteiger partial charge in [-0.1, -0.05) is 57.2 Å². The van der Waals surface area contributed by atoms with Crippen LogP contribution < -0.4 is 4.90 Å². The molecule has 4 fully saturated rings. The first-order chi connectivity index (χ1) is 21.5. The van der Waals surface area contributed by atoms with Gasteiger partial charge in [-0.25, -0.2) is 0 Å². The largest absolute Gasteiger partial charge is 0.469 e. The van der Waals surface area contributed by atoms with Gasteiger partial charge in [0.25, 0.3) is 0 Å². The first-order valence-electron chi connectivity index (χ1n) is 17.8. The lowest BCUT2D eigenvalue weighted by Crippen LogP contribution is -2.59. The molecule has 4 aliphatic rings. The van der Waals surface area contributed by atoms with Crippen molar-refractivity contribution in [2.75, 3.05) is 26.1 Å². The van der Waals surface area contributed by atoms with Crippen LogP contribution in [0.4, 0.5) is 5.69 Å². The van der Waals surface area contributed by atoms with Gasteiger partial charge in [0.2, 0.25) is 0 Å². The highest BCUT2D eigenvalue weighted by molar-refractivity contribution is 5.69. The molecule has 10 atom stereocenters. The molecule has 0 aliphatic heterocycles. The lowest BCUT2D eigenvalue weighted by atomic mass is 9.43. The van der Waals surface area contributed by atoms with Gasteiger partial charge < -0.3 is 19.5 Å². The minimum Gasteiger partial charge on any atom is -0.469 e. The third kappa shape index (κ3) is 6.21. The van der Waals surface area contributed by atoms with Crippen molar-refractivity contribution < 1.29 is 19.4 Å². The average molecular weight is 616 g/mol. The van der Waals surface area contributed by atoms with E-state index in [0.717, 1.165) is 32.1 Å². The summed E-state index contributed by atoms with van der Waals surface area (Å²) in [6.45, 7) is 8.17. The standard InChI is InChI=1S/C40H57NO4/c1-26(7-18-37(43)44-6)33-16-17-34-38-35(20-22-40(33,34)3)39(2)21-19-32(42)23-30(39)24-36(38)45-25-27-8-10-28(11-9-27)29-12-14-31(15-13-29)41(4)5/h8-15,26,30,32-36,38,42H,7,16-25H2,1-6H3/t26-,30+,32-,33-,34+,35+,36-,38+,39+,40-/m1/s1. The second kappa shape index (κ2) is 13.0. The molecule has 0 aromatic heterocycles. The van der Waals surface area contributed by atoms with E-state index in [4.69, 9.17) is 9.47 Å². The minimum absolute atomic E-state index is 0.0836. The molecule has 45 heavy (non-hydrogen) atoms. The third-order valence-corrected chi connectivity index (χ3v) is 13.6. The number of hydrogen-bond acceptors (Lipinski definition) is 5. The summed E-state index contributed by atoms with van der Waals surface area (Å²) in [6, 6.07) is 17.7. The third-order valence-electron chi connectivity index (χ3n) is 13.6. The number of aliphatic hydroxyl groups excluding tert-OH is 1. The highest BCUT2D eigenvalue weighted by atomic mass is 16.5. The van der Waals surface area contributed by atoms with Gasteiger partial charge in [0.15, 0.2) is 0 Å². The van der Waals surface area contributed by atoms with Crippen molar-refractivity contribution in [2.45, 2.75) is 104 Å². The van der Waals surface area contributed by atoms with Crippen molar-refractivity contribution in [3.05, 3.63) is 54.1 Å². The Morgan fingerprint density at radius 3 is 2.22 bits per heavy atom. The zero-order valence-corrected chi connectivity index (χ0v) is 28.6. The van der Waals surface area contributed by atoms with E-state index >= 15 is 0 Å². The molecule has 4 aliphatic carbocycles. The van der Waals surface area contributed by atoms with Crippen molar-refractivity contribution >= 4 is 11.7 Å². The molecule has 0 radical (unpaired) electrons. The van der Waals surface area contributed by atoms with Crippen molar-refractivity contribution in [3.63, 3.8) is 0 Å². The van der Waals surface area contributed by atoms with Gasteiger partial charge in [-0.2, -0.15) is 0 Å². The first-order valence-corrected chi connectivity index (χ1v) is 17.8. The second-order valence-electron chi connectivity index (χ2n) is 16.0. The van der Waals surface area contributed by atoms with Gasteiger partial charge in [0.1, 0.15) is 0 Å². The average Bonchev–Trinajstić information content (AvgIpc) is 3.40. The van der Waals surface area contributed by atoms with Gasteiger partial charge in [0.05, 0.1) is 25.9 Å². The molecule has 0 spiro atoms. The number of fused-ring (bicyclic) bond motifs is 5. The molecule has 0 bridgehead atoms. The molecule has 5 nitrogen and oxygen atoms in total. The zero-order chi connectivity index (χ0) is 31.9. The quantitative estimate of drug-likeness (QED) is 0.287. The Bertz CT molecular complexity index is 1310. The van der Waals surface area contributed by atoms with E-state index in [1.807, 2.05) is 0 Å². The Hall–Kier alpha value is -2.37. The fourth-order valence-electron chi connectivity index (χ4n) is 10.9. The van der Waals surface area contributed by atoms with E-state index in [1.54, 1.807) is 0 Å². The molecule has 0 heterocycles. The van der Waals surface area contributed by atoms with E-state index in [1.165, 1.54) is 55.2 Å². The Kier molecular flexibility index (Phi) is 9.43. The molecule has 5 heteroatoms. The molecule has 0 saturated heterocycles. The van der Waals surface area contributed by atoms with Crippen LogP contribution in [0.3, 0.4) is 0 Å². The number of carbonyl (C=O) groups excluding carboxylic acids is 1. The maximum atomic E-state index is 12.0. The van der Waals surface area contributed by atoms with E-state index in [2.05, 4.69) is 88.3 Å². The number of ether oxygens (including phenoxy) is 2. The normalized spacial score (nSPS) is 36.4. The summed E-state index contributed by atoms with van der Waals surface area (Å²) >= 11 is 0. The number of esters is 1. The Labute approximate surface area is 272 Å². The summed E-state index contributed by atoms with van der Waals surface area (Å²) in [5.74, 6) is 3.48. The summed E-state index contributed by atoms with van der Waals surface area (Å²) in [5, 5.41) is 10.7. The van der Waals surface area contributed by atoms with Crippen LogP contribution in [-0.2, 0) is 20.9 Å². The number of rotatable bonds is 9. The van der Waals surface area contributed by atoms with Crippen LogP contribution in [0.5, 0.6) is 0 Å². The van der Waals surface area contributed by atoms with Crippen molar-refractivity contribution in [3.8, 4) is 11.1 Å². The summed E-state index contributed by atoms with van der Waals surface area (Å²) in [4.78, 5) is 14.1. The lowest BCUT2D eigenvalue weighted by Gasteiger charge is -2.63. The van der Waals surface area contributed by atoms with Crippen LogP contribution in [0.25, 0.3) is 11.1 Å². The van der Waals surface area contributed by atoms with Crippen LogP contribution in [0, 0.1) is 46.3 Å². The SMILES string of the molecule is COC(=O)CC[C@@H](C)[C@H]1CC[C@H]2[C@@H]3[C@H](OCc4ccc(-c5ccc(N(C)C)cc5)cc4)C[C@@H]4C[C@H](O)CC[C@]4(C)[C@H]3CC[C@]12C. The summed E-state index contributed by atoms with van der Waals surface area (Å²) < 4.78 is 12.0. The Morgan fingerprint density at radius 2 is 1.56 bits per heavy atom. The predicted octanol–water partition coefficient (Wildman–Crippen LogP) is 8.52. The topological polar surface area (TPSA) is 59.0 Å². The number of nitrogens with zero attached hydrogens (tertiary/aromatic N) is 1. The summed E-state index contributed by atoms with van der Waals surface area (Å²) in [7, 11) is 5.64. The Balaban J connectivity index is 1.20. The van der Waals surface area contributed by atoms with E-state index < -0.39 is 0 Å². The lowest BCUT2D eigenvalue weighted by molar-refractivity contribution is -0.191. The number of benzene rings is 2. The van der Waals surface area contributed by atoms with E-state index in [9.17, 15) is 9.90 Å². The fourth-order valence-corrected chi connectivity index (χ4v) is 10.9. The monoisotopic (exact) mass is 615 g/mol. The van der Waals surface area contributed by atoms with Gasteiger partial charge in [-0.3, -0.25) is 4.79 Å². The molecule has 1 N–H and O–H groups in total. The maximum absolute atomic E-state index is 12.0. The van der Waals surface area contributed by atoms with Gasteiger partial charge >= 0.3 is 5.97 Å². The fraction of sp³-hybridized carbons (Fsp3) is 0.675. The maximum Gasteiger partial charge on any atom is 0.305 e. The van der Waals surface area contributed by atoms with Crippen LogP contribution in [0.1, 0.15) is 90.5 Å². The molecular formula is C40H57NO4. The second-order valence-corrected chi connectivity index (χ2v) is 16.0. The van der Waals surface area contributed by atoms with Crippen molar-refractivity contribution in [1.82, 2.24) is 0 Å². The molecule has 2 aromatic carbocycles. The van der Waals surface area contributed by atoms with Gasteiger partial charge in [-0.05, 0) is 133 Å². The molecule has 4 saturated carbocycles. The van der Waals surface area contributed by atoms with Crippen LogP contribution in [0.2, 0.25) is 0 Å². The molecule has 0 unspecified atom stereocenters. The van der Waals surface area contributed by atoms with Crippen LogP contribution in [0.15, 0.2) is 48.5 Å². The number of anilines is 1. The first kappa shape index (κ1) is 32.6. The van der Waals surface area contributed by atoms with Crippen molar-refractivity contribution in [1.29, 1.82) is 0 Å². The zero-order valence-electron chi connectivity index (χ0n) is 28.6. The number of carbonyl (C=O) groups is 1. The number of aliphatic hydroxyl groups is 1. The number of methoxy groups -OCH3 is 1. The molecule has 246 valence electrons. The molecule has 6 rings (SSSR count). The smallest absolute Gasteiger partial charge is 0.305 e.